The van der Waals surface area contributed by atoms with E-state index in [1.807, 2.05) is 42.7 Å². The van der Waals surface area contributed by atoms with Crippen LogP contribution in [0.2, 0.25) is 5.02 Å². The summed E-state index contributed by atoms with van der Waals surface area (Å²) in [6.07, 6.45) is 7.48. The number of H-pyrrole nitrogens is 1. The number of hydrogen-bond acceptors (Lipinski definition) is 5. The van der Waals surface area contributed by atoms with Crippen LogP contribution in [0, 0.1) is 0 Å². The predicted octanol–water partition coefficient (Wildman–Crippen LogP) is 4.75. The van der Waals surface area contributed by atoms with Gasteiger partial charge in [0.25, 0.3) is 0 Å². The maximum atomic E-state index is 6.44. The first-order chi connectivity index (χ1) is 14.3. The SMILES string of the molecule is Clc1cnc(NC2CCN(c3ccccn3)CC2)nc1-c1c[nH]c2ccccc12. The van der Waals surface area contributed by atoms with E-state index in [0.29, 0.717) is 17.0 Å². The molecule has 1 aromatic carbocycles. The molecule has 1 fully saturated rings. The molecule has 146 valence electrons. The number of hydrogen-bond donors (Lipinski definition) is 2. The largest absolute Gasteiger partial charge is 0.360 e. The zero-order chi connectivity index (χ0) is 19.6. The molecule has 4 aromatic rings. The van der Waals surface area contributed by atoms with Crippen molar-refractivity contribution in [2.75, 3.05) is 23.3 Å². The molecule has 0 unspecified atom stereocenters. The minimum Gasteiger partial charge on any atom is -0.360 e. The highest BCUT2D eigenvalue weighted by atomic mass is 35.5. The third-order valence-electron chi connectivity index (χ3n) is 5.39. The maximum Gasteiger partial charge on any atom is 0.223 e. The summed E-state index contributed by atoms with van der Waals surface area (Å²) in [6, 6.07) is 14.5. The highest BCUT2D eigenvalue weighted by Gasteiger charge is 2.21. The molecule has 3 aromatic heterocycles. The van der Waals surface area contributed by atoms with Crippen molar-refractivity contribution in [2.24, 2.45) is 0 Å². The van der Waals surface area contributed by atoms with E-state index in [2.05, 4.69) is 37.3 Å². The minimum absolute atomic E-state index is 0.326. The summed E-state index contributed by atoms with van der Waals surface area (Å²) in [6.45, 7) is 1.91. The summed E-state index contributed by atoms with van der Waals surface area (Å²) < 4.78 is 0. The lowest BCUT2D eigenvalue weighted by atomic mass is 10.1. The van der Waals surface area contributed by atoms with Crippen molar-refractivity contribution in [2.45, 2.75) is 18.9 Å². The number of fused-ring (bicyclic) bond motifs is 1. The molecule has 5 rings (SSSR count). The number of pyridine rings is 1. The number of para-hydroxylation sites is 1. The monoisotopic (exact) mass is 404 g/mol. The molecule has 29 heavy (non-hydrogen) atoms. The van der Waals surface area contributed by atoms with Crippen LogP contribution in [0.4, 0.5) is 11.8 Å². The Balaban J connectivity index is 1.32. The van der Waals surface area contributed by atoms with Crippen LogP contribution >= 0.6 is 11.6 Å². The summed E-state index contributed by atoms with van der Waals surface area (Å²) in [4.78, 5) is 19.2. The third-order valence-corrected chi connectivity index (χ3v) is 5.67. The van der Waals surface area contributed by atoms with Crippen LogP contribution < -0.4 is 10.2 Å². The second-order valence-corrected chi connectivity index (χ2v) is 7.64. The minimum atomic E-state index is 0.326. The van der Waals surface area contributed by atoms with Gasteiger partial charge in [0.05, 0.1) is 16.9 Å². The van der Waals surface area contributed by atoms with Crippen LogP contribution in [-0.2, 0) is 0 Å². The molecule has 6 nitrogen and oxygen atoms in total. The van der Waals surface area contributed by atoms with Gasteiger partial charge in [0.2, 0.25) is 5.95 Å². The van der Waals surface area contributed by atoms with Crippen molar-refractivity contribution in [3.8, 4) is 11.3 Å². The number of anilines is 2. The van der Waals surface area contributed by atoms with Crippen molar-refractivity contribution in [3.05, 3.63) is 66.1 Å². The molecule has 0 aliphatic carbocycles. The quantitative estimate of drug-likeness (QED) is 0.513. The Morgan fingerprint density at radius 1 is 1.03 bits per heavy atom. The molecule has 0 radical (unpaired) electrons. The van der Waals surface area contributed by atoms with Gasteiger partial charge in [0.15, 0.2) is 0 Å². The Labute approximate surface area is 174 Å². The molecular formula is C22H21ClN6. The molecule has 7 heteroatoms. The first kappa shape index (κ1) is 17.9. The molecular weight excluding hydrogens is 384 g/mol. The molecule has 0 saturated carbocycles. The van der Waals surface area contributed by atoms with Crippen LogP contribution in [0.25, 0.3) is 22.2 Å². The number of aromatic nitrogens is 4. The smallest absolute Gasteiger partial charge is 0.223 e. The Bertz CT molecular complexity index is 1120. The van der Waals surface area contributed by atoms with Crippen LogP contribution in [0.1, 0.15) is 12.8 Å². The second-order valence-electron chi connectivity index (χ2n) is 7.23. The molecule has 0 bridgehead atoms. The molecule has 4 heterocycles. The fourth-order valence-electron chi connectivity index (χ4n) is 3.87. The molecule has 1 aliphatic rings. The van der Waals surface area contributed by atoms with Crippen molar-refractivity contribution in [1.29, 1.82) is 0 Å². The maximum absolute atomic E-state index is 6.44. The fraction of sp³-hybridized carbons (Fsp3) is 0.227. The topological polar surface area (TPSA) is 69.7 Å². The van der Waals surface area contributed by atoms with Gasteiger partial charge >= 0.3 is 0 Å². The lowest BCUT2D eigenvalue weighted by Gasteiger charge is -2.33. The summed E-state index contributed by atoms with van der Waals surface area (Å²) in [5.41, 5.74) is 2.79. The van der Waals surface area contributed by atoms with Crippen LogP contribution in [0.5, 0.6) is 0 Å². The van der Waals surface area contributed by atoms with Crippen molar-refractivity contribution < 1.29 is 0 Å². The number of aromatic amines is 1. The van der Waals surface area contributed by atoms with Crippen LogP contribution in [0.3, 0.4) is 0 Å². The van der Waals surface area contributed by atoms with Crippen LogP contribution in [-0.4, -0.2) is 39.1 Å². The number of benzene rings is 1. The Hall–Kier alpha value is -3.12. The molecule has 1 saturated heterocycles. The van der Waals surface area contributed by atoms with Gasteiger partial charge in [-0.15, -0.1) is 0 Å². The summed E-state index contributed by atoms with van der Waals surface area (Å²) >= 11 is 6.44. The van der Waals surface area contributed by atoms with E-state index >= 15 is 0 Å². The van der Waals surface area contributed by atoms with Gasteiger partial charge < -0.3 is 15.2 Å². The summed E-state index contributed by atoms with van der Waals surface area (Å²) in [5.74, 6) is 1.65. The molecule has 0 spiro atoms. The Morgan fingerprint density at radius 3 is 2.69 bits per heavy atom. The zero-order valence-electron chi connectivity index (χ0n) is 15.8. The predicted molar refractivity (Wildman–Crippen MR) is 117 cm³/mol. The standard InChI is InChI=1S/C22H21ClN6/c23-18-14-26-22(28-21(18)17-13-25-19-6-2-1-5-16(17)19)27-15-8-11-29(12-9-15)20-7-3-4-10-24-20/h1-7,10,13-15,25H,8-9,11-12H2,(H,26,27,28). The highest BCUT2D eigenvalue weighted by Crippen LogP contribution is 2.32. The van der Waals surface area contributed by atoms with Crippen molar-refractivity contribution >= 4 is 34.3 Å². The van der Waals surface area contributed by atoms with Gasteiger partial charge in [-0.05, 0) is 31.0 Å². The van der Waals surface area contributed by atoms with Crippen molar-refractivity contribution in [3.63, 3.8) is 0 Å². The first-order valence-corrected chi connectivity index (χ1v) is 10.2. The molecule has 1 aliphatic heterocycles. The van der Waals surface area contributed by atoms with Gasteiger partial charge in [-0.1, -0.05) is 35.9 Å². The van der Waals surface area contributed by atoms with E-state index in [1.54, 1.807) is 6.20 Å². The molecule has 0 amide bonds. The zero-order valence-corrected chi connectivity index (χ0v) is 16.6. The number of halogens is 1. The number of nitrogens with one attached hydrogen (secondary N) is 2. The summed E-state index contributed by atoms with van der Waals surface area (Å²) in [7, 11) is 0. The number of rotatable bonds is 4. The van der Waals surface area contributed by atoms with Crippen LogP contribution in [0.15, 0.2) is 61.1 Å². The first-order valence-electron chi connectivity index (χ1n) is 9.79. The molecule has 2 N–H and O–H groups in total. The van der Waals surface area contributed by atoms with Gasteiger partial charge in [-0.25, -0.2) is 15.0 Å². The van der Waals surface area contributed by atoms with E-state index < -0.39 is 0 Å². The van der Waals surface area contributed by atoms with Gasteiger partial charge in [0, 0.05) is 48.0 Å². The fourth-order valence-corrected chi connectivity index (χ4v) is 4.06. The van der Waals surface area contributed by atoms with Gasteiger partial charge in [-0.3, -0.25) is 0 Å². The van der Waals surface area contributed by atoms with E-state index in [4.69, 9.17) is 16.6 Å². The van der Waals surface area contributed by atoms with E-state index in [9.17, 15) is 0 Å². The Kier molecular flexibility index (Phi) is 4.77. The average molecular weight is 405 g/mol. The highest BCUT2D eigenvalue weighted by molar-refractivity contribution is 6.33. The number of piperidine rings is 1. The van der Waals surface area contributed by atoms with E-state index in [-0.39, 0.29) is 0 Å². The van der Waals surface area contributed by atoms with E-state index in [1.165, 1.54) is 0 Å². The van der Waals surface area contributed by atoms with Crippen molar-refractivity contribution in [1.82, 2.24) is 19.9 Å². The lowest BCUT2D eigenvalue weighted by molar-refractivity contribution is 0.521. The second kappa shape index (κ2) is 7.72. The number of nitrogens with zero attached hydrogens (tertiary/aromatic N) is 4. The van der Waals surface area contributed by atoms with Gasteiger partial charge in [-0.2, -0.15) is 0 Å². The normalized spacial score (nSPS) is 15.0. The third kappa shape index (κ3) is 3.63. The van der Waals surface area contributed by atoms with E-state index in [0.717, 1.165) is 53.9 Å². The average Bonchev–Trinajstić information content (AvgIpc) is 3.20. The Morgan fingerprint density at radius 2 is 1.86 bits per heavy atom. The lowest BCUT2D eigenvalue weighted by Crippen LogP contribution is -2.39. The summed E-state index contributed by atoms with van der Waals surface area (Å²) in [5, 5.41) is 5.14. The van der Waals surface area contributed by atoms with Gasteiger partial charge in [0.1, 0.15) is 5.82 Å². The molecule has 0 atom stereocenters.